The number of hydrogen-bond acceptors (Lipinski definition) is 0. The molecule has 116 valence electrons. The Morgan fingerprint density at radius 3 is 2.08 bits per heavy atom. The molecule has 0 saturated heterocycles. The third-order valence-electron chi connectivity index (χ3n) is 5.65. The van der Waals surface area contributed by atoms with E-state index in [1.54, 1.807) is 0 Å². The zero-order valence-electron chi connectivity index (χ0n) is 13.8. The Morgan fingerprint density at radius 1 is 0.480 bits per heavy atom. The number of rotatable bonds is 0. The summed E-state index contributed by atoms with van der Waals surface area (Å²) in [5.74, 6) is 0. The van der Waals surface area contributed by atoms with Crippen LogP contribution < -0.4 is 0 Å². The van der Waals surface area contributed by atoms with E-state index in [1.165, 1.54) is 54.6 Å². The summed E-state index contributed by atoms with van der Waals surface area (Å²) in [5, 5.41) is 8.12. The third-order valence-corrected chi connectivity index (χ3v) is 5.65. The first kappa shape index (κ1) is 13.2. The lowest BCUT2D eigenvalue weighted by Gasteiger charge is -2.13. The van der Waals surface area contributed by atoms with E-state index in [2.05, 4.69) is 84.9 Å². The van der Waals surface area contributed by atoms with E-state index >= 15 is 0 Å². The van der Waals surface area contributed by atoms with Crippen molar-refractivity contribution >= 4 is 32.3 Å². The molecule has 0 heteroatoms. The lowest BCUT2D eigenvalue weighted by Crippen LogP contribution is -1.86. The van der Waals surface area contributed by atoms with Gasteiger partial charge in [0, 0.05) is 0 Å². The summed E-state index contributed by atoms with van der Waals surface area (Å²) in [6, 6.07) is 31.3. The van der Waals surface area contributed by atoms with Gasteiger partial charge in [-0.05, 0) is 61.0 Å². The van der Waals surface area contributed by atoms with Crippen LogP contribution in [0.5, 0.6) is 0 Å². The van der Waals surface area contributed by atoms with Gasteiger partial charge in [0.15, 0.2) is 0 Å². The van der Waals surface area contributed by atoms with Crippen molar-refractivity contribution in [3.05, 3.63) is 96.1 Å². The van der Waals surface area contributed by atoms with Gasteiger partial charge in [-0.1, -0.05) is 84.9 Å². The highest BCUT2D eigenvalue weighted by molar-refractivity contribution is 6.24. The molecule has 0 heterocycles. The second kappa shape index (κ2) is 4.70. The minimum Gasteiger partial charge on any atom is -0.0619 e. The summed E-state index contributed by atoms with van der Waals surface area (Å²) in [7, 11) is 0. The maximum Gasteiger partial charge on any atom is -0.00132 e. The van der Waals surface area contributed by atoms with Gasteiger partial charge in [-0.3, -0.25) is 0 Å². The van der Waals surface area contributed by atoms with Crippen LogP contribution in [0.4, 0.5) is 0 Å². The molecule has 0 nitrogen and oxygen atoms in total. The Kier molecular flexibility index (Phi) is 2.48. The Morgan fingerprint density at radius 2 is 1.16 bits per heavy atom. The average molecular weight is 316 g/mol. The zero-order valence-corrected chi connectivity index (χ0v) is 13.8. The number of hydrogen-bond donors (Lipinski definition) is 0. The maximum atomic E-state index is 2.31. The molecule has 0 aliphatic heterocycles. The van der Waals surface area contributed by atoms with Crippen LogP contribution in [-0.2, 0) is 6.42 Å². The molecular weight excluding hydrogens is 300 g/mol. The molecule has 0 bridgehead atoms. The highest BCUT2D eigenvalue weighted by atomic mass is 14.2. The lowest BCUT2D eigenvalue weighted by atomic mass is 9.91. The first-order valence-electron chi connectivity index (χ1n) is 8.84. The molecule has 5 aromatic carbocycles. The van der Waals surface area contributed by atoms with E-state index in [4.69, 9.17) is 0 Å². The standard InChI is InChI=1S/C25H16/c1-3-7-21-16(5-1)9-10-17-11-12-18-13-14-20-15-19-6-2-4-8-22(19)24(20)25(18)23(17)21/h1-14H,15H2. The summed E-state index contributed by atoms with van der Waals surface area (Å²) in [6.45, 7) is 0. The predicted molar refractivity (Wildman–Crippen MR) is 107 cm³/mol. The summed E-state index contributed by atoms with van der Waals surface area (Å²) >= 11 is 0. The van der Waals surface area contributed by atoms with Crippen molar-refractivity contribution in [2.75, 3.05) is 0 Å². The monoisotopic (exact) mass is 316 g/mol. The van der Waals surface area contributed by atoms with E-state index in [1.807, 2.05) is 0 Å². The highest BCUT2D eigenvalue weighted by Crippen LogP contribution is 2.45. The van der Waals surface area contributed by atoms with Crippen molar-refractivity contribution in [2.45, 2.75) is 6.42 Å². The molecule has 0 aromatic heterocycles. The Hall–Kier alpha value is -3.12. The van der Waals surface area contributed by atoms with Crippen LogP contribution in [0.2, 0.25) is 0 Å². The van der Waals surface area contributed by atoms with Crippen LogP contribution in [0.25, 0.3) is 43.4 Å². The predicted octanol–water partition coefficient (Wildman–Crippen LogP) is 6.72. The van der Waals surface area contributed by atoms with E-state index in [0.717, 1.165) is 6.42 Å². The fraction of sp³-hybridized carbons (Fsp3) is 0.0400. The van der Waals surface area contributed by atoms with Crippen LogP contribution in [0.15, 0.2) is 84.9 Å². The molecular formula is C25H16. The maximum absolute atomic E-state index is 2.31. The van der Waals surface area contributed by atoms with Crippen molar-refractivity contribution in [1.29, 1.82) is 0 Å². The fourth-order valence-electron chi connectivity index (χ4n) is 4.53. The Balaban J connectivity index is 1.92. The minimum atomic E-state index is 1.04. The van der Waals surface area contributed by atoms with E-state index in [9.17, 15) is 0 Å². The molecule has 0 radical (unpaired) electrons. The summed E-state index contributed by atoms with van der Waals surface area (Å²) in [6.07, 6.45) is 1.04. The molecule has 5 aromatic rings. The second-order valence-corrected chi connectivity index (χ2v) is 6.98. The van der Waals surface area contributed by atoms with Crippen molar-refractivity contribution in [1.82, 2.24) is 0 Å². The van der Waals surface area contributed by atoms with Crippen molar-refractivity contribution < 1.29 is 0 Å². The third kappa shape index (κ3) is 1.71. The molecule has 25 heavy (non-hydrogen) atoms. The van der Waals surface area contributed by atoms with Crippen molar-refractivity contribution in [3.8, 4) is 11.1 Å². The molecule has 0 amide bonds. The fourth-order valence-corrected chi connectivity index (χ4v) is 4.53. The number of benzene rings is 5. The van der Waals surface area contributed by atoms with Gasteiger partial charge >= 0.3 is 0 Å². The molecule has 0 unspecified atom stereocenters. The normalized spacial score (nSPS) is 12.6. The van der Waals surface area contributed by atoms with Crippen LogP contribution in [-0.4, -0.2) is 0 Å². The molecule has 1 aliphatic rings. The van der Waals surface area contributed by atoms with Gasteiger partial charge in [0.1, 0.15) is 0 Å². The van der Waals surface area contributed by atoms with E-state index in [-0.39, 0.29) is 0 Å². The Labute approximate surface area is 146 Å². The molecule has 0 N–H and O–H groups in total. The quantitative estimate of drug-likeness (QED) is 0.273. The van der Waals surface area contributed by atoms with Crippen LogP contribution in [0.3, 0.4) is 0 Å². The minimum absolute atomic E-state index is 1.04. The summed E-state index contributed by atoms with van der Waals surface area (Å²) in [5.41, 5.74) is 5.75. The average Bonchev–Trinajstić information content (AvgIpc) is 3.06. The van der Waals surface area contributed by atoms with Crippen molar-refractivity contribution in [2.24, 2.45) is 0 Å². The van der Waals surface area contributed by atoms with Crippen LogP contribution in [0, 0.1) is 0 Å². The largest absolute Gasteiger partial charge is 0.0619 e. The number of fused-ring (bicyclic) bond motifs is 9. The molecule has 0 fully saturated rings. The van der Waals surface area contributed by atoms with E-state index < -0.39 is 0 Å². The first-order chi connectivity index (χ1) is 12.4. The molecule has 0 atom stereocenters. The summed E-state index contributed by atoms with van der Waals surface area (Å²) in [4.78, 5) is 0. The molecule has 6 rings (SSSR count). The topological polar surface area (TPSA) is 0 Å². The first-order valence-corrected chi connectivity index (χ1v) is 8.84. The molecule has 1 aliphatic carbocycles. The lowest BCUT2D eigenvalue weighted by molar-refractivity contribution is 1.27. The van der Waals surface area contributed by atoms with Crippen LogP contribution >= 0.6 is 0 Å². The van der Waals surface area contributed by atoms with Gasteiger partial charge < -0.3 is 0 Å². The molecule has 0 saturated carbocycles. The zero-order chi connectivity index (χ0) is 16.4. The van der Waals surface area contributed by atoms with Gasteiger partial charge in [-0.15, -0.1) is 0 Å². The van der Waals surface area contributed by atoms with Crippen LogP contribution in [0.1, 0.15) is 11.1 Å². The van der Waals surface area contributed by atoms with Gasteiger partial charge in [0.25, 0.3) is 0 Å². The van der Waals surface area contributed by atoms with Gasteiger partial charge in [0.2, 0.25) is 0 Å². The van der Waals surface area contributed by atoms with Gasteiger partial charge in [-0.25, -0.2) is 0 Å². The SMILES string of the molecule is c1ccc2c(c1)Cc1ccc3ccc4ccc5ccccc5c4c3c1-2. The van der Waals surface area contributed by atoms with Gasteiger partial charge in [0.05, 0.1) is 0 Å². The second-order valence-electron chi connectivity index (χ2n) is 6.98. The molecule has 0 spiro atoms. The Bertz CT molecular complexity index is 1300. The highest BCUT2D eigenvalue weighted by Gasteiger charge is 2.21. The van der Waals surface area contributed by atoms with Crippen molar-refractivity contribution in [3.63, 3.8) is 0 Å². The van der Waals surface area contributed by atoms with Gasteiger partial charge in [-0.2, -0.15) is 0 Å². The summed E-state index contributed by atoms with van der Waals surface area (Å²) < 4.78 is 0. The van der Waals surface area contributed by atoms with E-state index in [0.29, 0.717) is 0 Å². The smallest absolute Gasteiger partial charge is 0.00132 e.